The molecule has 0 saturated carbocycles. The van der Waals surface area contributed by atoms with E-state index in [1.54, 1.807) is 54.3 Å². The number of carbonyl (C=O) groups is 2. The number of carbonyl (C=O) groups excluding carboxylic acids is 2. The van der Waals surface area contributed by atoms with Gasteiger partial charge in [-0.25, -0.2) is 0 Å². The van der Waals surface area contributed by atoms with E-state index >= 15 is 0 Å². The number of aromatic nitrogens is 1. The molecule has 0 unspecified atom stereocenters. The van der Waals surface area contributed by atoms with Crippen LogP contribution >= 0.6 is 0 Å². The number of hydrogen-bond acceptors (Lipinski definition) is 3. The van der Waals surface area contributed by atoms with Gasteiger partial charge in [-0.3, -0.25) is 9.59 Å². The highest BCUT2D eigenvalue weighted by atomic mass is 16.5. The molecule has 4 nitrogen and oxygen atoms in total. The zero-order chi connectivity index (χ0) is 13.8. The summed E-state index contributed by atoms with van der Waals surface area (Å²) < 4.78 is 6.71. The van der Waals surface area contributed by atoms with Crippen LogP contribution in [-0.2, 0) is 6.54 Å². The third kappa shape index (κ3) is 2.91. The Morgan fingerprint density at radius 2 is 1.84 bits per heavy atom. The zero-order valence-corrected chi connectivity index (χ0v) is 10.9. The minimum Gasteiger partial charge on any atom is -0.497 e. The topological polar surface area (TPSA) is 48.3 Å². The summed E-state index contributed by atoms with van der Waals surface area (Å²) in [6, 6.07) is 10.4. The van der Waals surface area contributed by atoms with Crippen LogP contribution in [0.3, 0.4) is 0 Å². The number of benzene rings is 1. The molecular formula is C15H15NO3. The molecule has 4 heteroatoms. The van der Waals surface area contributed by atoms with Gasteiger partial charge >= 0.3 is 0 Å². The van der Waals surface area contributed by atoms with Crippen molar-refractivity contribution >= 4 is 11.6 Å². The molecule has 0 bridgehead atoms. The molecule has 0 fully saturated rings. The Labute approximate surface area is 111 Å². The summed E-state index contributed by atoms with van der Waals surface area (Å²) in [6.07, 6.45) is 1.73. The van der Waals surface area contributed by atoms with Crippen molar-refractivity contribution in [1.29, 1.82) is 0 Å². The Morgan fingerprint density at radius 1 is 1.16 bits per heavy atom. The van der Waals surface area contributed by atoms with Crippen molar-refractivity contribution in [3.05, 3.63) is 53.9 Å². The van der Waals surface area contributed by atoms with E-state index in [2.05, 4.69) is 0 Å². The molecule has 1 aromatic carbocycles. The van der Waals surface area contributed by atoms with Crippen LogP contribution < -0.4 is 4.74 Å². The van der Waals surface area contributed by atoms with Crippen molar-refractivity contribution in [1.82, 2.24) is 4.57 Å². The van der Waals surface area contributed by atoms with Gasteiger partial charge in [0.05, 0.1) is 19.3 Å². The molecule has 98 valence electrons. The summed E-state index contributed by atoms with van der Waals surface area (Å²) in [5.74, 6) is 0.621. The van der Waals surface area contributed by atoms with Crippen molar-refractivity contribution in [2.75, 3.05) is 7.11 Å². The van der Waals surface area contributed by atoms with Crippen LogP contribution in [0.2, 0.25) is 0 Å². The van der Waals surface area contributed by atoms with E-state index in [4.69, 9.17) is 4.74 Å². The molecule has 0 spiro atoms. The van der Waals surface area contributed by atoms with Gasteiger partial charge in [0.15, 0.2) is 11.6 Å². The Balaban J connectivity index is 2.16. The van der Waals surface area contributed by atoms with Gasteiger partial charge in [0.2, 0.25) is 0 Å². The third-order valence-electron chi connectivity index (χ3n) is 2.92. The number of methoxy groups -OCH3 is 1. The first kappa shape index (κ1) is 13.1. The van der Waals surface area contributed by atoms with E-state index in [1.807, 2.05) is 0 Å². The minimum absolute atomic E-state index is 0.0404. The summed E-state index contributed by atoms with van der Waals surface area (Å²) in [7, 11) is 1.58. The smallest absolute Gasteiger partial charge is 0.182 e. The molecule has 0 aliphatic rings. The first-order valence-electron chi connectivity index (χ1n) is 5.95. The minimum atomic E-state index is -0.0486. The highest BCUT2D eigenvalue weighted by Crippen LogP contribution is 2.13. The fraction of sp³-hybridized carbons (Fsp3) is 0.200. The molecule has 0 N–H and O–H groups in total. The van der Waals surface area contributed by atoms with Gasteiger partial charge in [0.25, 0.3) is 0 Å². The Hall–Kier alpha value is -2.36. The van der Waals surface area contributed by atoms with Crippen molar-refractivity contribution in [3.63, 3.8) is 0 Å². The summed E-state index contributed by atoms with van der Waals surface area (Å²) in [5.41, 5.74) is 1.14. The second-order valence-corrected chi connectivity index (χ2v) is 4.23. The molecule has 2 aromatic rings. The number of ketones is 2. The van der Waals surface area contributed by atoms with Crippen LogP contribution in [0.1, 0.15) is 27.8 Å². The highest BCUT2D eigenvalue weighted by molar-refractivity contribution is 5.97. The summed E-state index contributed by atoms with van der Waals surface area (Å²) in [5, 5.41) is 0. The van der Waals surface area contributed by atoms with Gasteiger partial charge in [-0.1, -0.05) is 0 Å². The van der Waals surface area contributed by atoms with Gasteiger partial charge < -0.3 is 9.30 Å². The number of hydrogen-bond donors (Lipinski definition) is 0. The monoisotopic (exact) mass is 257 g/mol. The predicted molar refractivity (Wildman–Crippen MR) is 71.8 cm³/mol. The third-order valence-corrected chi connectivity index (χ3v) is 2.92. The van der Waals surface area contributed by atoms with E-state index < -0.39 is 0 Å². The second-order valence-electron chi connectivity index (χ2n) is 4.23. The standard InChI is InChI=1S/C15H15NO3/c1-11(17)14-4-3-9-16(14)10-15(18)12-5-7-13(19-2)8-6-12/h3-9H,10H2,1-2H3. The van der Waals surface area contributed by atoms with E-state index in [-0.39, 0.29) is 18.1 Å². The summed E-state index contributed by atoms with van der Waals surface area (Å²) in [6.45, 7) is 1.65. The normalized spacial score (nSPS) is 10.2. The average molecular weight is 257 g/mol. The van der Waals surface area contributed by atoms with Crippen LogP contribution in [-0.4, -0.2) is 23.2 Å². The average Bonchev–Trinajstić information content (AvgIpc) is 2.87. The molecule has 0 radical (unpaired) electrons. The maximum absolute atomic E-state index is 12.1. The van der Waals surface area contributed by atoms with Crippen molar-refractivity contribution in [2.45, 2.75) is 13.5 Å². The van der Waals surface area contributed by atoms with E-state index in [1.165, 1.54) is 6.92 Å². The first-order valence-corrected chi connectivity index (χ1v) is 5.95. The highest BCUT2D eigenvalue weighted by Gasteiger charge is 2.11. The number of nitrogens with zero attached hydrogens (tertiary/aromatic N) is 1. The fourth-order valence-corrected chi connectivity index (χ4v) is 1.89. The van der Waals surface area contributed by atoms with Crippen LogP contribution in [0.15, 0.2) is 42.6 Å². The van der Waals surface area contributed by atoms with Crippen molar-refractivity contribution < 1.29 is 14.3 Å². The van der Waals surface area contributed by atoms with Gasteiger partial charge in [-0.15, -0.1) is 0 Å². The molecule has 2 rings (SSSR count). The van der Waals surface area contributed by atoms with Crippen LogP contribution in [0.5, 0.6) is 5.75 Å². The number of ether oxygens (including phenoxy) is 1. The quantitative estimate of drug-likeness (QED) is 0.773. The Bertz CT molecular complexity index is 596. The van der Waals surface area contributed by atoms with Crippen LogP contribution in [0, 0.1) is 0 Å². The van der Waals surface area contributed by atoms with E-state index in [9.17, 15) is 9.59 Å². The number of Topliss-reactive ketones (excluding diaryl/α,β-unsaturated/α-hetero) is 2. The molecule has 0 atom stereocenters. The lowest BCUT2D eigenvalue weighted by Gasteiger charge is -2.07. The van der Waals surface area contributed by atoms with Gasteiger partial charge in [0, 0.05) is 18.7 Å². The summed E-state index contributed by atoms with van der Waals surface area (Å²) in [4.78, 5) is 23.5. The van der Waals surface area contributed by atoms with E-state index in [0.717, 1.165) is 0 Å². The van der Waals surface area contributed by atoms with Gasteiger partial charge in [0.1, 0.15) is 5.75 Å². The Morgan fingerprint density at radius 3 is 2.42 bits per heavy atom. The maximum Gasteiger partial charge on any atom is 0.182 e. The maximum atomic E-state index is 12.1. The predicted octanol–water partition coefficient (Wildman–Crippen LogP) is 2.58. The van der Waals surface area contributed by atoms with Crippen molar-refractivity contribution in [3.8, 4) is 5.75 Å². The zero-order valence-electron chi connectivity index (χ0n) is 10.9. The second kappa shape index (κ2) is 5.52. The lowest BCUT2D eigenvalue weighted by Crippen LogP contribution is -2.13. The van der Waals surface area contributed by atoms with Crippen LogP contribution in [0.25, 0.3) is 0 Å². The molecule has 0 aliphatic heterocycles. The van der Waals surface area contributed by atoms with Crippen LogP contribution in [0.4, 0.5) is 0 Å². The van der Waals surface area contributed by atoms with Crippen molar-refractivity contribution in [2.24, 2.45) is 0 Å². The molecule has 0 amide bonds. The molecule has 1 aromatic heterocycles. The molecule has 1 heterocycles. The molecule has 19 heavy (non-hydrogen) atoms. The summed E-state index contributed by atoms with van der Waals surface area (Å²) >= 11 is 0. The molecule has 0 aliphatic carbocycles. The van der Waals surface area contributed by atoms with Gasteiger partial charge in [-0.05, 0) is 36.4 Å². The lowest BCUT2D eigenvalue weighted by molar-refractivity contribution is 0.0966. The molecule has 0 saturated heterocycles. The van der Waals surface area contributed by atoms with E-state index in [0.29, 0.717) is 17.0 Å². The lowest BCUT2D eigenvalue weighted by atomic mass is 10.1. The number of rotatable bonds is 5. The van der Waals surface area contributed by atoms with Gasteiger partial charge in [-0.2, -0.15) is 0 Å². The Kier molecular flexibility index (Phi) is 3.80. The SMILES string of the molecule is COc1ccc(C(=O)Cn2cccc2C(C)=O)cc1. The molecular weight excluding hydrogens is 242 g/mol. The fourth-order valence-electron chi connectivity index (χ4n) is 1.89. The first-order chi connectivity index (χ1) is 9.11. The largest absolute Gasteiger partial charge is 0.497 e.